The third-order valence-corrected chi connectivity index (χ3v) is 6.39. The fraction of sp³-hybridized carbons (Fsp3) is 0.684. The van der Waals surface area contributed by atoms with Gasteiger partial charge < -0.3 is 14.4 Å². The van der Waals surface area contributed by atoms with Crippen molar-refractivity contribution in [1.29, 1.82) is 0 Å². The number of sulfonamides is 1. The van der Waals surface area contributed by atoms with Crippen molar-refractivity contribution in [3.05, 3.63) is 18.2 Å². The van der Waals surface area contributed by atoms with Crippen LogP contribution in [0.1, 0.15) is 20.3 Å². The molecule has 1 aromatic rings. The summed E-state index contributed by atoms with van der Waals surface area (Å²) < 4.78 is 38.8. The lowest BCUT2D eigenvalue weighted by atomic mass is 10.0. The lowest BCUT2D eigenvalue weighted by Gasteiger charge is -2.38. The van der Waals surface area contributed by atoms with Crippen molar-refractivity contribution in [2.24, 2.45) is 5.92 Å². The van der Waals surface area contributed by atoms with Crippen molar-refractivity contribution in [1.82, 2.24) is 14.5 Å². The van der Waals surface area contributed by atoms with Crippen LogP contribution in [0.2, 0.25) is 0 Å². The second-order valence-corrected chi connectivity index (χ2v) is 9.26. The van der Waals surface area contributed by atoms with Crippen LogP contribution < -0.4 is 14.2 Å². The minimum absolute atomic E-state index is 0.182. The largest absolute Gasteiger partial charge is 0.493 e. The van der Waals surface area contributed by atoms with Gasteiger partial charge in [0.15, 0.2) is 11.5 Å². The monoisotopic (exact) mass is 399 g/mol. The van der Waals surface area contributed by atoms with Crippen LogP contribution >= 0.6 is 0 Å². The number of rotatable bonds is 9. The molecule has 7 nitrogen and oxygen atoms in total. The van der Waals surface area contributed by atoms with Gasteiger partial charge in [-0.15, -0.1) is 0 Å². The average Bonchev–Trinajstić information content (AvgIpc) is 2.65. The van der Waals surface area contributed by atoms with Gasteiger partial charge in [-0.05, 0) is 31.5 Å². The lowest BCUT2D eigenvalue weighted by Crippen LogP contribution is -2.52. The summed E-state index contributed by atoms with van der Waals surface area (Å²) >= 11 is 0. The minimum atomic E-state index is -3.62. The summed E-state index contributed by atoms with van der Waals surface area (Å²) in [5, 5.41) is 0. The predicted molar refractivity (Wildman–Crippen MR) is 107 cm³/mol. The van der Waals surface area contributed by atoms with Gasteiger partial charge in [0.25, 0.3) is 0 Å². The van der Waals surface area contributed by atoms with Gasteiger partial charge in [-0.1, -0.05) is 13.8 Å². The number of nitrogens with one attached hydrogen (secondary N) is 1. The maximum Gasteiger partial charge on any atom is 0.240 e. The quantitative estimate of drug-likeness (QED) is 0.681. The molecule has 154 valence electrons. The summed E-state index contributed by atoms with van der Waals surface area (Å²) in [6.07, 6.45) is 0.957. The van der Waals surface area contributed by atoms with Crippen LogP contribution in [0.4, 0.5) is 0 Å². The van der Waals surface area contributed by atoms with E-state index in [0.29, 0.717) is 24.0 Å². The fourth-order valence-corrected chi connectivity index (χ4v) is 4.45. The zero-order chi connectivity index (χ0) is 20.0. The molecule has 1 aliphatic heterocycles. The standard InChI is InChI=1S/C19H33N3O4S/c1-15(2)12-16(22-10-8-21(3)9-11-22)14-20-27(23,24)17-6-7-18(25-4)19(13-17)26-5/h6-7,13,15-16,20H,8-12,14H2,1-5H3. The van der Waals surface area contributed by atoms with Gasteiger partial charge in [0.2, 0.25) is 10.0 Å². The summed E-state index contributed by atoms with van der Waals surface area (Å²) in [4.78, 5) is 4.88. The molecular formula is C19H33N3O4S. The summed E-state index contributed by atoms with van der Waals surface area (Å²) in [5.74, 6) is 1.41. The summed E-state index contributed by atoms with van der Waals surface area (Å²) in [5.41, 5.74) is 0. The Morgan fingerprint density at radius 1 is 1.07 bits per heavy atom. The van der Waals surface area contributed by atoms with Gasteiger partial charge in [0.1, 0.15) is 0 Å². The van der Waals surface area contributed by atoms with E-state index in [1.165, 1.54) is 26.4 Å². The Labute approximate surface area is 163 Å². The van der Waals surface area contributed by atoms with Crippen molar-refractivity contribution in [2.75, 3.05) is 54.0 Å². The van der Waals surface area contributed by atoms with E-state index in [-0.39, 0.29) is 10.9 Å². The number of ether oxygens (including phenoxy) is 2. The highest BCUT2D eigenvalue weighted by molar-refractivity contribution is 7.89. The van der Waals surface area contributed by atoms with Crippen LogP contribution in [0.15, 0.2) is 23.1 Å². The molecule has 1 saturated heterocycles. The van der Waals surface area contributed by atoms with Crippen LogP contribution in [-0.2, 0) is 10.0 Å². The highest BCUT2D eigenvalue weighted by atomic mass is 32.2. The molecule has 1 heterocycles. The van der Waals surface area contributed by atoms with Crippen LogP contribution in [-0.4, -0.2) is 78.3 Å². The van der Waals surface area contributed by atoms with E-state index in [0.717, 1.165) is 32.6 Å². The Hall–Kier alpha value is -1.35. The van der Waals surface area contributed by atoms with Gasteiger partial charge in [0, 0.05) is 44.8 Å². The van der Waals surface area contributed by atoms with Crippen molar-refractivity contribution in [3.8, 4) is 11.5 Å². The number of benzene rings is 1. The molecule has 1 unspecified atom stereocenters. The first-order valence-electron chi connectivity index (χ1n) is 9.41. The van der Waals surface area contributed by atoms with E-state index in [9.17, 15) is 8.42 Å². The molecule has 1 aliphatic rings. The molecule has 0 radical (unpaired) electrons. The van der Waals surface area contributed by atoms with Gasteiger partial charge in [-0.3, -0.25) is 4.90 Å². The molecule has 0 aromatic heterocycles. The van der Waals surface area contributed by atoms with Crippen LogP contribution in [0.25, 0.3) is 0 Å². The molecule has 2 rings (SSSR count). The van der Waals surface area contributed by atoms with E-state index in [1.807, 2.05) is 0 Å². The van der Waals surface area contributed by atoms with E-state index in [1.54, 1.807) is 6.07 Å². The molecule has 1 fully saturated rings. The molecule has 0 aliphatic carbocycles. The van der Waals surface area contributed by atoms with Crippen LogP contribution in [0, 0.1) is 5.92 Å². The van der Waals surface area contributed by atoms with Gasteiger partial charge in [-0.25, -0.2) is 13.1 Å². The van der Waals surface area contributed by atoms with E-state index < -0.39 is 10.0 Å². The fourth-order valence-electron chi connectivity index (χ4n) is 3.37. The molecule has 0 amide bonds. The number of methoxy groups -OCH3 is 2. The number of likely N-dealkylation sites (N-methyl/N-ethyl adjacent to an activating group) is 1. The topological polar surface area (TPSA) is 71.1 Å². The van der Waals surface area contributed by atoms with Crippen LogP contribution in [0.3, 0.4) is 0 Å². The zero-order valence-corrected chi connectivity index (χ0v) is 17.9. The molecule has 8 heteroatoms. The first-order chi connectivity index (χ1) is 12.8. The predicted octanol–water partition coefficient (Wildman–Crippen LogP) is 1.64. The molecule has 1 N–H and O–H groups in total. The third kappa shape index (κ3) is 6.07. The second-order valence-electron chi connectivity index (χ2n) is 7.49. The number of piperazine rings is 1. The molecular weight excluding hydrogens is 366 g/mol. The van der Waals surface area contributed by atoms with E-state index in [4.69, 9.17) is 9.47 Å². The van der Waals surface area contributed by atoms with E-state index in [2.05, 4.69) is 35.4 Å². The highest BCUT2D eigenvalue weighted by Gasteiger charge is 2.25. The highest BCUT2D eigenvalue weighted by Crippen LogP contribution is 2.29. The van der Waals surface area contributed by atoms with Crippen molar-refractivity contribution in [3.63, 3.8) is 0 Å². The first-order valence-corrected chi connectivity index (χ1v) is 10.9. The smallest absolute Gasteiger partial charge is 0.240 e. The van der Waals surface area contributed by atoms with Crippen molar-refractivity contribution >= 4 is 10.0 Å². The van der Waals surface area contributed by atoms with Crippen molar-refractivity contribution in [2.45, 2.75) is 31.2 Å². The molecule has 0 spiro atoms. The Balaban J connectivity index is 2.10. The minimum Gasteiger partial charge on any atom is -0.493 e. The Bertz CT molecular complexity index is 701. The van der Waals surface area contributed by atoms with E-state index >= 15 is 0 Å². The number of nitrogens with zero attached hydrogens (tertiary/aromatic N) is 2. The van der Waals surface area contributed by atoms with Crippen LogP contribution in [0.5, 0.6) is 11.5 Å². The molecule has 0 bridgehead atoms. The summed E-state index contributed by atoms with van der Waals surface area (Å²) in [7, 11) is 1.52. The first kappa shape index (κ1) is 21.9. The summed E-state index contributed by atoms with van der Waals surface area (Å²) in [6.45, 7) is 8.70. The number of hydrogen-bond acceptors (Lipinski definition) is 6. The SMILES string of the molecule is COc1ccc(S(=O)(=O)NCC(CC(C)C)N2CCN(C)CC2)cc1OC. The second kappa shape index (κ2) is 9.73. The molecule has 1 atom stereocenters. The number of hydrogen-bond donors (Lipinski definition) is 1. The Morgan fingerprint density at radius 2 is 1.70 bits per heavy atom. The maximum absolute atomic E-state index is 12.8. The molecule has 27 heavy (non-hydrogen) atoms. The molecule has 1 aromatic carbocycles. The average molecular weight is 400 g/mol. The molecule has 0 saturated carbocycles. The lowest BCUT2D eigenvalue weighted by molar-refractivity contribution is 0.102. The third-order valence-electron chi connectivity index (χ3n) is 4.97. The summed E-state index contributed by atoms with van der Waals surface area (Å²) in [6, 6.07) is 4.83. The van der Waals surface area contributed by atoms with Gasteiger partial charge >= 0.3 is 0 Å². The Morgan fingerprint density at radius 3 is 2.26 bits per heavy atom. The van der Waals surface area contributed by atoms with Gasteiger partial charge in [0.05, 0.1) is 19.1 Å². The Kier molecular flexibility index (Phi) is 7.91. The van der Waals surface area contributed by atoms with Crippen molar-refractivity contribution < 1.29 is 17.9 Å². The zero-order valence-electron chi connectivity index (χ0n) is 17.1. The van der Waals surface area contributed by atoms with Gasteiger partial charge in [-0.2, -0.15) is 0 Å². The maximum atomic E-state index is 12.8. The normalized spacial score (nSPS) is 17.9.